The van der Waals surface area contributed by atoms with E-state index < -0.39 is 0 Å². The van der Waals surface area contributed by atoms with E-state index in [1.807, 2.05) is 0 Å². The minimum absolute atomic E-state index is 0.346. The normalized spacial score (nSPS) is 50.0. The van der Waals surface area contributed by atoms with Crippen molar-refractivity contribution in [2.75, 3.05) is 0 Å². The molecule has 1 nitrogen and oxygen atoms in total. The van der Waals surface area contributed by atoms with E-state index >= 15 is 0 Å². The Hall–Kier alpha value is -0.590. The predicted octanol–water partition coefficient (Wildman–Crippen LogP) is 9.32. The number of fused-ring (bicyclic) bond motifs is 5. The molecule has 0 aromatic carbocycles. The topological polar surface area (TPSA) is 23.9 Å². The van der Waals surface area contributed by atoms with Crippen molar-refractivity contribution in [1.29, 1.82) is 5.41 Å². The van der Waals surface area contributed by atoms with Gasteiger partial charge in [0.1, 0.15) is 0 Å². The fourth-order valence-corrected chi connectivity index (χ4v) is 10.7. The lowest BCUT2D eigenvalue weighted by Gasteiger charge is -2.68. The van der Waals surface area contributed by atoms with Gasteiger partial charge in [-0.05, 0) is 115 Å². The molecule has 6 aliphatic carbocycles. The summed E-state index contributed by atoms with van der Waals surface area (Å²) in [6, 6.07) is 0. The average molecular weight is 452 g/mol. The third-order valence-electron chi connectivity index (χ3n) is 13.1. The van der Waals surface area contributed by atoms with Gasteiger partial charge in [0.25, 0.3) is 0 Å². The lowest BCUT2D eigenvalue weighted by molar-refractivity contribution is -0.145. The fraction of sp³-hybridized carbons (Fsp3) is 0.906. The summed E-state index contributed by atoms with van der Waals surface area (Å²) in [5, 5.41) is 9.47. The summed E-state index contributed by atoms with van der Waals surface area (Å²) in [4.78, 5) is 0. The van der Waals surface area contributed by atoms with Crippen LogP contribution in [0, 0.1) is 69.0 Å². The van der Waals surface area contributed by atoms with Gasteiger partial charge in [-0.1, -0.05) is 73.0 Å². The third-order valence-corrected chi connectivity index (χ3v) is 13.1. The van der Waals surface area contributed by atoms with Gasteiger partial charge >= 0.3 is 0 Å². The van der Waals surface area contributed by atoms with Crippen molar-refractivity contribution in [2.24, 2.45) is 63.6 Å². The fourth-order valence-electron chi connectivity index (χ4n) is 10.7. The van der Waals surface area contributed by atoms with Crippen LogP contribution in [0.4, 0.5) is 0 Å². The second-order valence-corrected chi connectivity index (χ2v) is 14.8. The van der Waals surface area contributed by atoms with Crippen molar-refractivity contribution in [1.82, 2.24) is 0 Å². The minimum Gasteiger partial charge on any atom is -0.309 e. The van der Waals surface area contributed by atoms with Crippen LogP contribution in [0.5, 0.6) is 0 Å². The molecule has 0 radical (unpaired) electrons. The molecular formula is C32H53N. The Labute approximate surface area is 205 Å². The van der Waals surface area contributed by atoms with Gasteiger partial charge in [-0.25, -0.2) is 0 Å². The van der Waals surface area contributed by atoms with Crippen LogP contribution < -0.4 is 0 Å². The van der Waals surface area contributed by atoms with Gasteiger partial charge in [0.2, 0.25) is 0 Å². The van der Waals surface area contributed by atoms with E-state index in [-0.39, 0.29) is 0 Å². The lowest BCUT2D eigenvalue weighted by Crippen LogP contribution is -2.63. The number of allylic oxidation sites excluding steroid dienone is 1. The summed E-state index contributed by atoms with van der Waals surface area (Å²) in [6.45, 7) is 19.8. The van der Waals surface area contributed by atoms with Crippen molar-refractivity contribution < 1.29 is 0 Å². The van der Waals surface area contributed by atoms with E-state index in [2.05, 4.69) is 48.1 Å². The average Bonchev–Trinajstić information content (AvgIpc) is 3.05. The lowest BCUT2D eigenvalue weighted by atomic mass is 9.36. The van der Waals surface area contributed by atoms with E-state index in [0.29, 0.717) is 22.2 Å². The maximum atomic E-state index is 9.47. The van der Waals surface area contributed by atoms with Crippen LogP contribution in [0.3, 0.4) is 0 Å². The Bertz CT molecular complexity index is 788. The van der Waals surface area contributed by atoms with Crippen LogP contribution in [0.15, 0.2) is 12.2 Å². The summed E-state index contributed by atoms with van der Waals surface area (Å²) in [7, 11) is 0. The number of hydrogen-bond donors (Lipinski definition) is 1. The Kier molecular flexibility index (Phi) is 6.02. The molecule has 6 rings (SSSR count). The molecule has 6 fully saturated rings. The summed E-state index contributed by atoms with van der Waals surface area (Å²) in [5.41, 5.74) is 3.94. The van der Waals surface area contributed by atoms with E-state index in [4.69, 9.17) is 0 Å². The van der Waals surface area contributed by atoms with E-state index in [1.54, 1.807) is 5.57 Å². The van der Waals surface area contributed by atoms with Crippen LogP contribution in [-0.4, -0.2) is 5.71 Å². The first-order valence-corrected chi connectivity index (χ1v) is 14.8. The van der Waals surface area contributed by atoms with Gasteiger partial charge in [0.05, 0.1) is 0 Å². The van der Waals surface area contributed by atoms with Gasteiger partial charge in [-0.2, -0.15) is 0 Å². The highest BCUT2D eigenvalue weighted by molar-refractivity contribution is 5.86. The zero-order valence-electron chi connectivity index (χ0n) is 22.8. The van der Waals surface area contributed by atoms with Crippen LogP contribution in [0.2, 0.25) is 0 Å². The van der Waals surface area contributed by atoms with Crippen molar-refractivity contribution in [2.45, 2.75) is 119 Å². The third kappa shape index (κ3) is 3.48. The molecule has 2 bridgehead atoms. The van der Waals surface area contributed by atoms with Gasteiger partial charge in [-0.15, -0.1) is 0 Å². The SMILES string of the molecule is C=C1CCC2(C)C3CCC4(C)C(C(C)CCCC(C)C)CCC4C3C(=N)C[C@@]2(C)C2CC1C2. The van der Waals surface area contributed by atoms with Gasteiger partial charge < -0.3 is 5.41 Å². The minimum atomic E-state index is 0.346. The maximum absolute atomic E-state index is 9.47. The molecule has 1 heteroatoms. The first kappa shape index (κ1) is 24.1. The number of rotatable bonds is 5. The molecule has 0 saturated heterocycles. The molecule has 1 N–H and O–H groups in total. The van der Waals surface area contributed by atoms with Crippen LogP contribution in [0.1, 0.15) is 119 Å². The summed E-state index contributed by atoms with van der Waals surface area (Å²) >= 11 is 0. The molecule has 0 aromatic rings. The second-order valence-electron chi connectivity index (χ2n) is 14.8. The molecule has 7 unspecified atom stereocenters. The molecule has 0 heterocycles. The Morgan fingerprint density at radius 2 is 1.67 bits per heavy atom. The Morgan fingerprint density at radius 1 is 0.939 bits per heavy atom. The largest absolute Gasteiger partial charge is 0.309 e. The molecule has 0 aromatic heterocycles. The summed E-state index contributed by atoms with van der Waals surface area (Å²) in [6.07, 6.45) is 16.2. The Balaban J connectivity index is 1.40. The maximum Gasteiger partial charge on any atom is 0.0132 e. The predicted molar refractivity (Wildman–Crippen MR) is 142 cm³/mol. The van der Waals surface area contributed by atoms with Gasteiger partial charge in [-0.3, -0.25) is 0 Å². The smallest absolute Gasteiger partial charge is 0.0132 e. The molecule has 33 heavy (non-hydrogen) atoms. The van der Waals surface area contributed by atoms with E-state index in [1.165, 1.54) is 76.3 Å². The molecule has 0 aliphatic heterocycles. The summed E-state index contributed by atoms with van der Waals surface area (Å²) < 4.78 is 0. The number of nitrogens with one attached hydrogen (secondary N) is 1. The highest BCUT2D eigenvalue weighted by Crippen LogP contribution is 2.73. The van der Waals surface area contributed by atoms with E-state index in [0.717, 1.165) is 47.8 Å². The second kappa shape index (κ2) is 8.23. The molecule has 6 aliphatic rings. The van der Waals surface area contributed by atoms with Crippen molar-refractivity contribution in [3.8, 4) is 0 Å². The summed E-state index contributed by atoms with van der Waals surface area (Å²) in [5.74, 6) is 6.27. The van der Waals surface area contributed by atoms with Gasteiger partial charge in [0.15, 0.2) is 0 Å². The van der Waals surface area contributed by atoms with Crippen LogP contribution in [-0.2, 0) is 0 Å². The monoisotopic (exact) mass is 451 g/mol. The first-order chi connectivity index (χ1) is 15.5. The highest BCUT2D eigenvalue weighted by Gasteiger charge is 2.66. The molecule has 6 saturated carbocycles. The van der Waals surface area contributed by atoms with E-state index in [9.17, 15) is 5.41 Å². The van der Waals surface area contributed by atoms with Crippen molar-refractivity contribution in [3.05, 3.63) is 12.2 Å². The van der Waals surface area contributed by atoms with Crippen LogP contribution in [0.25, 0.3) is 0 Å². The molecule has 0 amide bonds. The zero-order chi connectivity index (χ0) is 23.8. The molecular weight excluding hydrogens is 398 g/mol. The standard InChI is InChI=1S/C32H53N/c1-20(2)9-8-10-22(4)25-11-12-26-29-27(14-15-30(25,26)5)31(6)16-13-21(3)23-17-24(18-23)32(31,7)19-28(29)33/h20,22-27,29,33H,3,8-19H2,1-2,4-7H3/t22?,23?,24?,25?,26?,27?,29?,30?,31?,32-/m0/s1. The molecule has 0 spiro atoms. The number of hydrogen-bond acceptors (Lipinski definition) is 1. The van der Waals surface area contributed by atoms with Crippen molar-refractivity contribution >= 4 is 5.71 Å². The zero-order valence-corrected chi connectivity index (χ0v) is 22.8. The molecule has 8 atom stereocenters. The first-order valence-electron chi connectivity index (χ1n) is 14.8. The quantitative estimate of drug-likeness (QED) is 0.403. The molecule has 186 valence electrons. The van der Waals surface area contributed by atoms with Gasteiger partial charge in [0, 0.05) is 11.6 Å². The Morgan fingerprint density at radius 3 is 2.36 bits per heavy atom. The van der Waals surface area contributed by atoms with Crippen molar-refractivity contribution in [3.63, 3.8) is 0 Å². The van der Waals surface area contributed by atoms with Crippen LogP contribution >= 0.6 is 0 Å². The highest BCUT2D eigenvalue weighted by atomic mass is 14.7.